The molecule has 0 aromatic carbocycles. The lowest BCUT2D eigenvalue weighted by molar-refractivity contribution is -0.145. The number of ether oxygens (including phenoxy) is 2. The van der Waals surface area contributed by atoms with E-state index in [0.717, 1.165) is 25.7 Å². The lowest BCUT2D eigenvalue weighted by Crippen LogP contribution is -2.53. The number of imidazole rings is 1. The van der Waals surface area contributed by atoms with E-state index < -0.39 is 30.4 Å². The standard InChI is InChI=1S/C25H34N8O7/c1-31-14(9-16(31)34)10-39-25(38)32-6-4-12(5-7-32)8-15-29-21(26)17-22(30-15)33(11-27-17)24-19(36)18(35)20(40-24)23(37)28-13-2-3-13/h11-14,18-20,24,35-36H,2-10H2,1H3,(H,28,37)(H2,26,29,30)/t14?,18?,19?,20-,24+/m0/s1. The Morgan fingerprint density at radius 1 is 1.18 bits per heavy atom. The number of hydrogen-bond donors (Lipinski definition) is 4. The van der Waals surface area contributed by atoms with Crippen LogP contribution in [0.5, 0.6) is 0 Å². The van der Waals surface area contributed by atoms with Crippen LogP contribution in [0.15, 0.2) is 6.33 Å². The number of carbonyl (C=O) groups excluding carboxylic acids is 3. The van der Waals surface area contributed by atoms with Crippen molar-refractivity contribution < 1.29 is 34.1 Å². The number of rotatable bonds is 7. The Balaban J connectivity index is 1.08. The fraction of sp³-hybridized carbons (Fsp3) is 0.680. The number of β-lactam (4-membered cyclic amide) rings is 1. The van der Waals surface area contributed by atoms with Gasteiger partial charge in [-0.3, -0.25) is 14.2 Å². The zero-order chi connectivity index (χ0) is 28.1. The largest absolute Gasteiger partial charge is 0.447 e. The molecule has 3 amide bonds. The number of nitrogens with two attached hydrogens (primary N) is 1. The van der Waals surface area contributed by atoms with Gasteiger partial charge < -0.3 is 40.5 Å². The Morgan fingerprint density at radius 3 is 2.60 bits per heavy atom. The number of aliphatic hydroxyl groups is 2. The smallest absolute Gasteiger partial charge is 0.409 e. The van der Waals surface area contributed by atoms with Crippen molar-refractivity contribution in [3.8, 4) is 0 Å². The molecule has 4 aliphatic rings. The van der Waals surface area contributed by atoms with Gasteiger partial charge in [0.25, 0.3) is 5.91 Å². The van der Waals surface area contributed by atoms with Crippen molar-refractivity contribution in [2.75, 3.05) is 32.5 Å². The number of aliphatic hydroxyl groups excluding tert-OH is 2. The molecule has 3 aliphatic heterocycles. The summed E-state index contributed by atoms with van der Waals surface area (Å²) in [6, 6.07) is 0.0345. The summed E-state index contributed by atoms with van der Waals surface area (Å²) in [7, 11) is 1.70. The van der Waals surface area contributed by atoms with Crippen LogP contribution >= 0.6 is 0 Å². The summed E-state index contributed by atoms with van der Waals surface area (Å²) in [5, 5.41) is 24.0. The maximum Gasteiger partial charge on any atom is 0.409 e. The second kappa shape index (κ2) is 10.4. The summed E-state index contributed by atoms with van der Waals surface area (Å²) in [5.74, 6) is 0.461. The highest BCUT2D eigenvalue weighted by atomic mass is 16.6. The van der Waals surface area contributed by atoms with Gasteiger partial charge in [-0.05, 0) is 31.6 Å². The fourth-order valence-corrected chi connectivity index (χ4v) is 5.46. The molecule has 15 heteroatoms. The van der Waals surface area contributed by atoms with Gasteiger partial charge in [0, 0.05) is 32.6 Å². The first-order valence-corrected chi connectivity index (χ1v) is 13.7. The highest BCUT2D eigenvalue weighted by Crippen LogP contribution is 2.33. The van der Waals surface area contributed by atoms with Gasteiger partial charge in [-0.1, -0.05) is 0 Å². The number of nitrogen functional groups attached to an aromatic ring is 1. The van der Waals surface area contributed by atoms with Crippen LogP contribution in [0.25, 0.3) is 11.2 Å². The fourth-order valence-electron chi connectivity index (χ4n) is 5.46. The van der Waals surface area contributed by atoms with Gasteiger partial charge in [0.1, 0.15) is 30.2 Å². The molecule has 5 heterocycles. The molecular weight excluding hydrogens is 524 g/mol. The lowest BCUT2D eigenvalue weighted by Gasteiger charge is -2.37. The Kier molecular flexibility index (Phi) is 6.96. The molecule has 5 atom stereocenters. The Bertz CT molecular complexity index is 1310. The number of piperidine rings is 1. The maximum atomic E-state index is 12.5. The maximum absolute atomic E-state index is 12.5. The van der Waals surface area contributed by atoms with Crippen molar-refractivity contribution in [3.63, 3.8) is 0 Å². The van der Waals surface area contributed by atoms with Gasteiger partial charge in [-0.2, -0.15) is 0 Å². The second-order valence-corrected chi connectivity index (χ2v) is 11.1. The van der Waals surface area contributed by atoms with E-state index in [2.05, 4.69) is 20.3 Å². The predicted molar refractivity (Wildman–Crippen MR) is 137 cm³/mol. The van der Waals surface area contributed by atoms with Gasteiger partial charge in [-0.15, -0.1) is 0 Å². The molecule has 1 aliphatic carbocycles. The van der Waals surface area contributed by atoms with E-state index in [1.165, 1.54) is 10.9 Å². The van der Waals surface area contributed by atoms with Crippen molar-refractivity contribution in [1.29, 1.82) is 0 Å². The van der Waals surface area contributed by atoms with Gasteiger partial charge >= 0.3 is 6.09 Å². The third kappa shape index (κ3) is 5.04. The number of likely N-dealkylation sites (N-methyl/N-ethyl adjacent to an activating group) is 1. The van der Waals surface area contributed by atoms with E-state index in [0.29, 0.717) is 42.9 Å². The first-order chi connectivity index (χ1) is 19.2. The van der Waals surface area contributed by atoms with Crippen LogP contribution in [0.1, 0.15) is 44.2 Å². The normalized spacial score (nSPS) is 29.1. The molecule has 0 radical (unpaired) electrons. The molecule has 15 nitrogen and oxygen atoms in total. The van der Waals surface area contributed by atoms with Crippen LogP contribution in [0.3, 0.4) is 0 Å². The molecular formula is C25H34N8O7. The molecule has 2 aromatic rings. The molecule has 6 rings (SSSR count). The summed E-state index contributed by atoms with van der Waals surface area (Å²) < 4.78 is 12.7. The lowest BCUT2D eigenvalue weighted by atomic mass is 9.93. The summed E-state index contributed by atoms with van der Waals surface area (Å²) in [5.41, 5.74) is 6.86. The van der Waals surface area contributed by atoms with E-state index in [1.807, 2.05) is 0 Å². The quantitative estimate of drug-likeness (QED) is 0.302. The number of nitrogens with one attached hydrogen (secondary N) is 1. The number of hydrogen-bond acceptors (Lipinski definition) is 11. The Hall–Kier alpha value is -3.56. The van der Waals surface area contributed by atoms with E-state index in [9.17, 15) is 24.6 Å². The van der Waals surface area contributed by atoms with Crippen LogP contribution in [0.2, 0.25) is 0 Å². The van der Waals surface area contributed by atoms with E-state index in [4.69, 9.17) is 15.2 Å². The molecule has 5 N–H and O–H groups in total. The zero-order valence-electron chi connectivity index (χ0n) is 22.2. The van der Waals surface area contributed by atoms with Gasteiger partial charge in [0.2, 0.25) is 5.91 Å². The molecule has 4 fully saturated rings. The SMILES string of the molecule is CN1C(=O)CC1COC(=O)N1CCC(Cc2nc(N)c3ncn([C@@H]4O[C@H](C(=O)NC5CC5)C(O)C4O)c3n2)CC1. The van der Waals surface area contributed by atoms with E-state index in [-0.39, 0.29) is 42.4 Å². The zero-order valence-corrected chi connectivity index (χ0v) is 22.2. The highest BCUT2D eigenvalue weighted by Gasteiger charge is 2.48. The Morgan fingerprint density at radius 2 is 1.93 bits per heavy atom. The predicted octanol–water partition coefficient (Wildman–Crippen LogP) is -1.07. The molecule has 40 heavy (non-hydrogen) atoms. The van der Waals surface area contributed by atoms with E-state index in [1.54, 1.807) is 16.8 Å². The number of likely N-dealkylation sites (tertiary alicyclic amines) is 2. The van der Waals surface area contributed by atoms with Gasteiger partial charge in [0.15, 0.2) is 23.8 Å². The number of amides is 3. The van der Waals surface area contributed by atoms with Crippen LogP contribution in [0.4, 0.5) is 10.6 Å². The number of aromatic nitrogens is 4. The topological polar surface area (TPSA) is 198 Å². The van der Waals surface area contributed by atoms with Crippen molar-refractivity contribution in [3.05, 3.63) is 12.2 Å². The summed E-state index contributed by atoms with van der Waals surface area (Å²) in [4.78, 5) is 52.9. The van der Waals surface area contributed by atoms with Crippen molar-refractivity contribution in [2.45, 2.75) is 75.1 Å². The number of nitrogens with zero attached hydrogens (tertiary/aromatic N) is 6. The van der Waals surface area contributed by atoms with Crippen molar-refractivity contribution >= 4 is 34.9 Å². The van der Waals surface area contributed by atoms with Crippen LogP contribution in [-0.2, 0) is 25.5 Å². The average Bonchev–Trinajstić information content (AvgIpc) is 3.58. The van der Waals surface area contributed by atoms with Crippen molar-refractivity contribution in [1.82, 2.24) is 34.6 Å². The molecule has 2 aromatic heterocycles. The molecule has 1 saturated carbocycles. The van der Waals surface area contributed by atoms with E-state index >= 15 is 0 Å². The average molecular weight is 559 g/mol. The first-order valence-electron chi connectivity index (χ1n) is 13.7. The second-order valence-electron chi connectivity index (χ2n) is 11.1. The van der Waals surface area contributed by atoms with Gasteiger partial charge in [-0.25, -0.2) is 19.7 Å². The summed E-state index contributed by atoms with van der Waals surface area (Å²) >= 11 is 0. The first kappa shape index (κ1) is 26.7. The molecule has 3 unspecified atom stereocenters. The monoisotopic (exact) mass is 558 g/mol. The minimum absolute atomic E-state index is 0.0512. The Labute approximate surface area is 229 Å². The minimum Gasteiger partial charge on any atom is -0.447 e. The van der Waals surface area contributed by atoms with Crippen LogP contribution in [0, 0.1) is 5.92 Å². The molecule has 3 saturated heterocycles. The third-order valence-electron chi connectivity index (χ3n) is 8.28. The van der Waals surface area contributed by atoms with Crippen LogP contribution < -0.4 is 11.1 Å². The number of fused-ring (bicyclic) bond motifs is 1. The molecule has 0 spiro atoms. The minimum atomic E-state index is -1.41. The highest BCUT2D eigenvalue weighted by molar-refractivity contribution is 5.84. The third-order valence-corrected chi connectivity index (χ3v) is 8.28. The molecule has 216 valence electrons. The van der Waals surface area contributed by atoms with Gasteiger partial charge in [0.05, 0.1) is 18.8 Å². The van der Waals surface area contributed by atoms with Crippen LogP contribution in [-0.4, -0.2) is 115 Å². The molecule has 0 bridgehead atoms. The summed E-state index contributed by atoms with van der Waals surface area (Å²) in [6.45, 7) is 1.26. The number of carbonyl (C=O) groups is 3. The number of anilines is 1. The summed E-state index contributed by atoms with van der Waals surface area (Å²) in [6.07, 6.45) is 0.101. The van der Waals surface area contributed by atoms with Crippen molar-refractivity contribution in [2.24, 2.45) is 5.92 Å².